The van der Waals surface area contributed by atoms with Crippen molar-refractivity contribution in [1.82, 2.24) is 4.90 Å². The molecule has 16 heavy (non-hydrogen) atoms. The molecule has 0 aliphatic rings. The zero-order chi connectivity index (χ0) is 12.1. The van der Waals surface area contributed by atoms with Gasteiger partial charge in [-0.05, 0) is 0 Å². The van der Waals surface area contributed by atoms with Crippen molar-refractivity contribution < 1.29 is 24.4 Å². The molecule has 0 amide bonds. The van der Waals surface area contributed by atoms with Crippen LogP contribution < -0.4 is 0 Å². The van der Waals surface area contributed by atoms with E-state index in [-0.39, 0.29) is 13.2 Å². The molecule has 0 rings (SSSR count). The molecule has 0 heterocycles. The van der Waals surface area contributed by atoms with Gasteiger partial charge in [0.25, 0.3) is 0 Å². The number of aliphatic hydroxyl groups is 2. The van der Waals surface area contributed by atoms with Gasteiger partial charge in [0.2, 0.25) is 0 Å². The Morgan fingerprint density at radius 2 is 1.38 bits per heavy atom. The average molecular weight is 237 g/mol. The second kappa shape index (κ2) is 12.8. The van der Waals surface area contributed by atoms with Gasteiger partial charge in [0.1, 0.15) is 0 Å². The highest BCUT2D eigenvalue weighted by Gasteiger charge is 2.03. The molecule has 0 saturated heterocycles. The van der Waals surface area contributed by atoms with Crippen LogP contribution in [0.25, 0.3) is 0 Å². The van der Waals surface area contributed by atoms with Crippen molar-refractivity contribution in [2.75, 3.05) is 66.6 Å². The molecular weight excluding hydrogens is 214 g/mol. The van der Waals surface area contributed by atoms with Crippen LogP contribution in [0.2, 0.25) is 0 Å². The fraction of sp³-hybridized carbons (Fsp3) is 1.00. The van der Waals surface area contributed by atoms with Crippen molar-refractivity contribution in [3.05, 3.63) is 0 Å². The third-order valence-electron chi connectivity index (χ3n) is 1.89. The minimum Gasteiger partial charge on any atom is -0.394 e. The summed E-state index contributed by atoms with van der Waals surface area (Å²) in [5, 5.41) is 17.1. The number of aliphatic hydroxyl groups excluding tert-OH is 2. The van der Waals surface area contributed by atoms with Gasteiger partial charge in [-0.2, -0.15) is 0 Å². The molecular formula is C10H23NO5. The first kappa shape index (κ1) is 15.8. The Morgan fingerprint density at radius 1 is 0.875 bits per heavy atom. The Bertz CT molecular complexity index is 124. The van der Waals surface area contributed by atoms with Gasteiger partial charge < -0.3 is 24.4 Å². The van der Waals surface area contributed by atoms with Gasteiger partial charge in [0, 0.05) is 20.2 Å². The summed E-state index contributed by atoms with van der Waals surface area (Å²) in [5.41, 5.74) is 0. The maximum Gasteiger partial charge on any atom is 0.0987 e. The molecule has 0 aliphatic heterocycles. The first-order valence-electron chi connectivity index (χ1n) is 5.43. The van der Waals surface area contributed by atoms with Crippen LogP contribution in [0.1, 0.15) is 0 Å². The standard InChI is InChI=1S/C10H23NO5/c1-14-10-11(2-6-15-8-4-12)3-7-16-9-5-13/h12-13H,2-10H2,1H3. The third-order valence-corrected chi connectivity index (χ3v) is 1.89. The maximum absolute atomic E-state index is 8.53. The molecule has 0 aromatic heterocycles. The summed E-state index contributed by atoms with van der Waals surface area (Å²) in [6.07, 6.45) is 0. The smallest absolute Gasteiger partial charge is 0.0987 e. The molecule has 0 fully saturated rings. The molecule has 0 spiro atoms. The molecule has 0 unspecified atom stereocenters. The molecule has 6 heteroatoms. The minimum atomic E-state index is 0.0455. The molecule has 0 aromatic rings. The van der Waals surface area contributed by atoms with Crippen LogP contribution >= 0.6 is 0 Å². The van der Waals surface area contributed by atoms with Crippen LogP contribution in [0, 0.1) is 0 Å². The van der Waals surface area contributed by atoms with Crippen molar-refractivity contribution in [3.8, 4) is 0 Å². The second-order valence-corrected chi connectivity index (χ2v) is 3.21. The van der Waals surface area contributed by atoms with Gasteiger partial charge in [0.15, 0.2) is 0 Å². The Morgan fingerprint density at radius 3 is 1.75 bits per heavy atom. The number of nitrogens with zero attached hydrogens (tertiary/aromatic N) is 1. The molecule has 0 saturated carbocycles. The van der Waals surface area contributed by atoms with Gasteiger partial charge in [-0.1, -0.05) is 0 Å². The second-order valence-electron chi connectivity index (χ2n) is 3.21. The zero-order valence-electron chi connectivity index (χ0n) is 9.93. The molecule has 0 aromatic carbocycles. The van der Waals surface area contributed by atoms with Crippen LogP contribution in [0.3, 0.4) is 0 Å². The highest BCUT2D eigenvalue weighted by molar-refractivity contribution is 4.52. The summed E-state index contributed by atoms with van der Waals surface area (Å²) in [6.45, 7) is 3.92. The lowest BCUT2D eigenvalue weighted by Gasteiger charge is -2.20. The quantitative estimate of drug-likeness (QED) is 0.332. The Hall–Kier alpha value is -0.240. The van der Waals surface area contributed by atoms with E-state index in [1.807, 2.05) is 4.90 Å². The first-order chi connectivity index (χ1) is 7.85. The molecule has 2 N–H and O–H groups in total. The SMILES string of the molecule is COCN(CCOCCO)CCOCCO. The van der Waals surface area contributed by atoms with E-state index in [4.69, 9.17) is 24.4 Å². The highest BCUT2D eigenvalue weighted by atomic mass is 16.5. The Labute approximate surface area is 96.7 Å². The lowest BCUT2D eigenvalue weighted by atomic mass is 10.5. The van der Waals surface area contributed by atoms with E-state index in [1.54, 1.807) is 7.11 Å². The average Bonchev–Trinajstić information content (AvgIpc) is 2.30. The predicted octanol–water partition coefficient (Wildman–Crippen LogP) is -1.09. The van der Waals surface area contributed by atoms with Crippen molar-refractivity contribution in [3.63, 3.8) is 0 Å². The van der Waals surface area contributed by atoms with E-state index in [0.29, 0.717) is 33.2 Å². The summed E-state index contributed by atoms with van der Waals surface area (Å²) in [4.78, 5) is 2.04. The number of hydrogen-bond acceptors (Lipinski definition) is 6. The molecule has 0 bridgehead atoms. The number of rotatable bonds is 12. The van der Waals surface area contributed by atoms with Gasteiger partial charge in [-0.3, -0.25) is 4.90 Å². The summed E-state index contributed by atoms with van der Waals surface area (Å²) in [5.74, 6) is 0. The number of hydrogen-bond donors (Lipinski definition) is 2. The molecule has 98 valence electrons. The topological polar surface area (TPSA) is 71.4 Å². The summed E-state index contributed by atoms with van der Waals surface area (Å²) in [7, 11) is 1.64. The van der Waals surface area contributed by atoms with Crippen LogP contribution in [0.5, 0.6) is 0 Å². The van der Waals surface area contributed by atoms with Gasteiger partial charge in [-0.25, -0.2) is 0 Å². The first-order valence-corrected chi connectivity index (χ1v) is 5.43. The van der Waals surface area contributed by atoms with Crippen LogP contribution in [0.15, 0.2) is 0 Å². The maximum atomic E-state index is 8.53. The molecule has 6 nitrogen and oxygen atoms in total. The molecule has 0 aliphatic carbocycles. The van der Waals surface area contributed by atoms with Crippen molar-refractivity contribution >= 4 is 0 Å². The summed E-state index contributed by atoms with van der Waals surface area (Å²) in [6, 6.07) is 0. The van der Waals surface area contributed by atoms with E-state index in [9.17, 15) is 0 Å². The molecule has 0 radical (unpaired) electrons. The zero-order valence-corrected chi connectivity index (χ0v) is 9.93. The molecule has 0 atom stereocenters. The normalized spacial score (nSPS) is 11.2. The van der Waals surface area contributed by atoms with Gasteiger partial charge >= 0.3 is 0 Å². The largest absolute Gasteiger partial charge is 0.394 e. The number of methoxy groups -OCH3 is 1. The van der Waals surface area contributed by atoms with Gasteiger partial charge in [0.05, 0.1) is 46.4 Å². The van der Waals surface area contributed by atoms with Crippen molar-refractivity contribution in [2.45, 2.75) is 0 Å². The number of ether oxygens (including phenoxy) is 3. The van der Waals surface area contributed by atoms with E-state index < -0.39 is 0 Å². The fourth-order valence-corrected chi connectivity index (χ4v) is 1.14. The van der Waals surface area contributed by atoms with Crippen LogP contribution in [0.4, 0.5) is 0 Å². The van der Waals surface area contributed by atoms with E-state index in [0.717, 1.165) is 13.1 Å². The van der Waals surface area contributed by atoms with Crippen LogP contribution in [-0.2, 0) is 14.2 Å². The van der Waals surface area contributed by atoms with E-state index in [2.05, 4.69) is 0 Å². The Balaban J connectivity index is 3.45. The van der Waals surface area contributed by atoms with Gasteiger partial charge in [-0.15, -0.1) is 0 Å². The minimum absolute atomic E-state index is 0.0455. The third kappa shape index (κ3) is 10.3. The lowest BCUT2D eigenvalue weighted by molar-refractivity contribution is 0.00588. The fourth-order valence-electron chi connectivity index (χ4n) is 1.14. The lowest BCUT2D eigenvalue weighted by Crippen LogP contribution is -2.33. The van der Waals surface area contributed by atoms with Crippen LogP contribution in [-0.4, -0.2) is 81.7 Å². The van der Waals surface area contributed by atoms with E-state index >= 15 is 0 Å². The van der Waals surface area contributed by atoms with Crippen molar-refractivity contribution in [1.29, 1.82) is 0 Å². The Kier molecular flexibility index (Phi) is 12.6. The monoisotopic (exact) mass is 237 g/mol. The summed E-state index contributed by atoms with van der Waals surface area (Å²) < 4.78 is 15.4. The summed E-state index contributed by atoms with van der Waals surface area (Å²) >= 11 is 0. The highest BCUT2D eigenvalue weighted by Crippen LogP contribution is 1.90. The van der Waals surface area contributed by atoms with Crippen molar-refractivity contribution in [2.24, 2.45) is 0 Å². The predicted molar refractivity (Wildman–Crippen MR) is 59.3 cm³/mol. The van der Waals surface area contributed by atoms with E-state index in [1.165, 1.54) is 0 Å².